The van der Waals surface area contributed by atoms with Crippen molar-refractivity contribution >= 4 is 22.6 Å². The number of nitrogens with one attached hydrogen (secondary N) is 1. The van der Waals surface area contributed by atoms with E-state index in [4.69, 9.17) is 0 Å². The lowest BCUT2D eigenvalue weighted by Crippen LogP contribution is -2.57. The van der Waals surface area contributed by atoms with E-state index in [1.807, 2.05) is 0 Å². The van der Waals surface area contributed by atoms with E-state index in [2.05, 4.69) is 54.0 Å². The predicted octanol–water partition coefficient (Wildman–Crippen LogP) is 4.91. The standard InChI is InChI=1S/C18H28IN/c1-17-10-8-14-12(13(17)5-6-15(17)19)4-7-16-18(14,2)9-3-11-20-16/h3,11-16,20H,4-10H2,1-2H3/t12-,13-,14-,15?,16?,17-,18+/m0/s1. The Labute approximate surface area is 137 Å². The zero-order valence-corrected chi connectivity index (χ0v) is 15.0. The molecule has 3 aliphatic carbocycles. The monoisotopic (exact) mass is 385 g/mol. The fourth-order valence-electron chi connectivity index (χ4n) is 6.46. The second-order valence-corrected chi connectivity index (χ2v) is 9.88. The number of hydrogen-bond donors (Lipinski definition) is 1. The molecule has 1 nitrogen and oxygen atoms in total. The molecule has 0 bridgehead atoms. The first-order valence-electron chi connectivity index (χ1n) is 8.61. The summed E-state index contributed by atoms with van der Waals surface area (Å²) in [6.45, 7) is 5.20. The number of allylic oxidation sites excluding steroid dienone is 1. The van der Waals surface area contributed by atoms with Crippen molar-refractivity contribution in [3.63, 3.8) is 0 Å². The number of alkyl halides is 1. The average Bonchev–Trinajstić information content (AvgIpc) is 2.74. The Hall–Kier alpha value is 0.270. The second-order valence-electron chi connectivity index (χ2n) is 8.38. The van der Waals surface area contributed by atoms with Crippen molar-refractivity contribution in [3.05, 3.63) is 12.3 Å². The van der Waals surface area contributed by atoms with E-state index in [0.29, 0.717) is 10.8 Å². The van der Waals surface area contributed by atoms with Crippen LogP contribution in [0.3, 0.4) is 0 Å². The Kier molecular flexibility index (Phi) is 3.22. The maximum atomic E-state index is 3.69. The van der Waals surface area contributed by atoms with Crippen LogP contribution in [0.5, 0.6) is 0 Å². The van der Waals surface area contributed by atoms with Gasteiger partial charge in [0.05, 0.1) is 0 Å². The quantitative estimate of drug-likeness (QED) is 0.462. The van der Waals surface area contributed by atoms with Gasteiger partial charge in [-0.2, -0.15) is 0 Å². The number of hydrogen-bond acceptors (Lipinski definition) is 1. The smallest absolute Gasteiger partial charge is 0.0315 e. The van der Waals surface area contributed by atoms with Gasteiger partial charge in [-0.25, -0.2) is 0 Å². The molecule has 3 fully saturated rings. The Bertz CT molecular complexity index is 433. The topological polar surface area (TPSA) is 12.0 Å². The van der Waals surface area contributed by atoms with E-state index in [9.17, 15) is 0 Å². The molecule has 0 aromatic heterocycles. The van der Waals surface area contributed by atoms with Gasteiger partial charge in [0.2, 0.25) is 0 Å². The predicted molar refractivity (Wildman–Crippen MR) is 92.9 cm³/mol. The van der Waals surface area contributed by atoms with Gasteiger partial charge < -0.3 is 5.32 Å². The molecular formula is C18H28IN. The van der Waals surface area contributed by atoms with Crippen LogP contribution in [0.2, 0.25) is 0 Å². The van der Waals surface area contributed by atoms with Gasteiger partial charge in [0.25, 0.3) is 0 Å². The number of halogens is 1. The molecule has 2 heteroatoms. The average molecular weight is 385 g/mol. The lowest BCUT2D eigenvalue weighted by Gasteiger charge is -2.59. The van der Waals surface area contributed by atoms with Gasteiger partial charge in [-0.1, -0.05) is 42.5 Å². The van der Waals surface area contributed by atoms with Crippen molar-refractivity contribution in [3.8, 4) is 0 Å². The molecule has 0 aromatic carbocycles. The normalized spacial score (nSPS) is 57.5. The fraction of sp³-hybridized carbons (Fsp3) is 0.889. The summed E-state index contributed by atoms with van der Waals surface area (Å²) in [5, 5.41) is 3.69. The third kappa shape index (κ3) is 1.72. The van der Waals surface area contributed by atoms with Crippen molar-refractivity contribution in [2.24, 2.45) is 28.6 Å². The van der Waals surface area contributed by atoms with Crippen LogP contribution in [-0.4, -0.2) is 9.97 Å². The van der Waals surface area contributed by atoms with Crippen LogP contribution in [0.15, 0.2) is 12.3 Å². The van der Waals surface area contributed by atoms with Gasteiger partial charge in [0, 0.05) is 9.97 Å². The summed E-state index contributed by atoms with van der Waals surface area (Å²) in [7, 11) is 0. The van der Waals surface area contributed by atoms with Gasteiger partial charge in [-0.3, -0.25) is 0 Å². The molecule has 0 spiro atoms. The van der Waals surface area contributed by atoms with Crippen LogP contribution in [0.25, 0.3) is 0 Å². The molecule has 112 valence electrons. The Morgan fingerprint density at radius 2 is 1.80 bits per heavy atom. The van der Waals surface area contributed by atoms with Crippen LogP contribution >= 0.6 is 22.6 Å². The SMILES string of the molecule is C[C@]12CC=CNC1CC[C@@H]1[C@@H]2CC[C@]2(C)C(I)CC[C@@H]12. The highest BCUT2D eigenvalue weighted by Gasteiger charge is 2.59. The minimum absolute atomic E-state index is 0.530. The van der Waals surface area contributed by atoms with Crippen molar-refractivity contribution in [1.82, 2.24) is 5.32 Å². The minimum Gasteiger partial charge on any atom is -0.388 e. The summed E-state index contributed by atoms with van der Waals surface area (Å²) in [5.41, 5.74) is 1.19. The molecule has 3 saturated carbocycles. The molecule has 20 heavy (non-hydrogen) atoms. The van der Waals surface area contributed by atoms with E-state index >= 15 is 0 Å². The molecule has 2 unspecified atom stereocenters. The largest absolute Gasteiger partial charge is 0.388 e. The highest BCUT2D eigenvalue weighted by atomic mass is 127. The first-order chi connectivity index (χ1) is 9.56. The van der Waals surface area contributed by atoms with E-state index in [1.165, 1.54) is 44.9 Å². The highest BCUT2D eigenvalue weighted by molar-refractivity contribution is 14.1. The zero-order chi connectivity index (χ0) is 14.0. The van der Waals surface area contributed by atoms with Crippen molar-refractivity contribution < 1.29 is 0 Å². The van der Waals surface area contributed by atoms with Crippen LogP contribution in [0.4, 0.5) is 0 Å². The Morgan fingerprint density at radius 3 is 2.65 bits per heavy atom. The molecule has 4 aliphatic rings. The first-order valence-corrected chi connectivity index (χ1v) is 9.85. The molecule has 1 heterocycles. The Balaban J connectivity index is 1.66. The van der Waals surface area contributed by atoms with Crippen molar-refractivity contribution in [2.75, 3.05) is 0 Å². The summed E-state index contributed by atoms with van der Waals surface area (Å²) in [6.07, 6.45) is 14.8. The number of fused-ring (bicyclic) bond motifs is 5. The third-order valence-corrected chi connectivity index (χ3v) is 9.77. The van der Waals surface area contributed by atoms with Crippen LogP contribution in [-0.2, 0) is 0 Å². The highest BCUT2D eigenvalue weighted by Crippen LogP contribution is 2.64. The van der Waals surface area contributed by atoms with E-state index in [0.717, 1.165) is 27.7 Å². The maximum absolute atomic E-state index is 3.69. The molecule has 7 atom stereocenters. The van der Waals surface area contributed by atoms with Crippen molar-refractivity contribution in [2.45, 2.75) is 68.8 Å². The van der Waals surface area contributed by atoms with Gasteiger partial charge in [-0.05, 0) is 79.7 Å². The van der Waals surface area contributed by atoms with E-state index in [-0.39, 0.29) is 0 Å². The lowest BCUT2D eigenvalue weighted by atomic mass is 9.48. The molecule has 0 amide bonds. The van der Waals surface area contributed by atoms with E-state index in [1.54, 1.807) is 0 Å². The van der Waals surface area contributed by atoms with Gasteiger partial charge in [0.1, 0.15) is 0 Å². The second kappa shape index (κ2) is 4.63. The molecule has 0 radical (unpaired) electrons. The van der Waals surface area contributed by atoms with Crippen LogP contribution in [0.1, 0.15) is 58.8 Å². The van der Waals surface area contributed by atoms with Gasteiger partial charge in [-0.15, -0.1) is 0 Å². The molecule has 4 rings (SSSR count). The van der Waals surface area contributed by atoms with Crippen molar-refractivity contribution in [1.29, 1.82) is 0 Å². The van der Waals surface area contributed by atoms with Crippen LogP contribution < -0.4 is 5.32 Å². The molecule has 0 saturated heterocycles. The molecule has 1 N–H and O–H groups in total. The number of rotatable bonds is 0. The fourth-order valence-corrected chi connectivity index (χ4v) is 7.59. The zero-order valence-electron chi connectivity index (χ0n) is 12.9. The first kappa shape index (κ1) is 13.9. The summed E-state index contributed by atoms with van der Waals surface area (Å²) < 4.78 is 0.931. The minimum atomic E-state index is 0.530. The molecular weight excluding hydrogens is 357 g/mol. The molecule has 0 aromatic rings. The van der Waals surface area contributed by atoms with E-state index < -0.39 is 0 Å². The third-order valence-electron chi connectivity index (χ3n) is 7.73. The lowest BCUT2D eigenvalue weighted by molar-refractivity contribution is -0.0693. The van der Waals surface area contributed by atoms with Crippen LogP contribution in [0, 0.1) is 28.6 Å². The summed E-state index contributed by atoms with van der Waals surface area (Å²) in [6, 6.07) is 0.745. The summed E-state index contributed by atoms with van der Waals surface area (Å²) in [5.74, 6) is 3.01. The summed E-state index contributed by atoms with van der Waals surface area (Å²) in [4.78, 5) is 0. The van der Waals surface area contributed by atoms with Gasteiger partial charge >= 0.3 is 0 Å². The maximum Gasteiger partial charge on any atom is 0.0315 e. The molecule has 1 aliphatic heterocycles. The summed E-state index contributed by atoms with van der Waals surface area (Å²) >= 11 is 2.76. The van der Waals surface area contributed by atoms with Gasteiger partial charge in [0.15, 0.2) is 0 Å². The Morgan fingerprint density at radius 1 is 1.00 bits per heavy atom.